The first kappa shape index (κ1) is 22.5. The van der Waals surface area contributed by atoms with E-state index in [4.69, 9.17) is 14.2 Å². The van der Waals surface area contributed by atoms with Crippen molar-refractivity contribution in [2.75, 3.05) is 51.3 Å². The van der Waals surface area contributed by atoms with Crippen LogP contribution in [0.15, 0.2) is 53.4 Å². The van der Waals surface area contributed by atoms with Gasteiger partial charge in [-0.05, 0) is 49.4 Å². The summed E-state index contributed by atoms with van der Waals surface area (Å²) in [4.78, 5) is 14.9. The van der Waals surface area contributed by atoms with Crippen molar-refractivity contribution >= 4 is 21.6 Å². The van der Waals surface area contributed by atoms with Gasteiger partial charge in [-0.2, -0.15) is 0 Å². The number of para-hydroxylation sites is 2. The molecule has 2 N–H and O–H groups in total. The Morgan fingerprint density at radius 3 is 2.50 bits per heavy atom. The number of hydrogen-bond donors (Lipinski definition) is 2. The van der Waals surface area contributed by atoms with Gasteiger partial charge in [-0.25, -0.2) is 13.1 Å². The lowest BCUT2D eigenvalue weighted by molar-refractivity contribution is -0.125. The van der Waals surface area contributed by atoms with Crippen LogP contribution in [0, 0.1) is 0 Å². The lowest BCUT2D eigenvalue weighted by Crippen LogP contribution is -2.40. The quantitative estimate of drug-likeness (QED) is 0.574. The zero-order valence-electron chi connectivity index (χ0n) is 17.7. The molecular formula is C22H27N3O6S. The Kier molecular flexibility index (Phi) is 7.26. The van der Waals surface area contributed by atoms with E-state index in [0.29, 0.717) is 23.7 Å². The average Bonchev–Trinajstić information content (AvgIpc) is 2.82. The molecule has 0 aliphatic carbocycles. The monoisotopic (exact) mass is 461 g/mol. The molecule has 0 saturated carbocycles. The Bertz CT molecular complexity index is 1020. The van der Waals surface area contributed by atoms with Crippen LogP contribution in [0.2, 0.25) is 0 Å². The molecule has 2 heterocycles. The number of sulfonamides is 1. The first-order valence-corrected chi connectivity index (χ1v) is 12.1. The van der Waals surface area contributed by atoms with E-state index < -0.39 is 16.1 Å². The topological polar surface area (TPSA) is 106 Å². The van der Waals surface area contributed by atoms with E-state index in [-0.39, 0.29) is 17.4 Å². The molecule has 0 unspecified atom stereocenters. The smallest absolute Gasteiger partial charge is 0.269 e. The average molecular weight is 462 g/mol. The number of hydrogen-bond acceptors (Lipinski definition) is 7. The Morgan fingerprint density at radius 1 is 1.03 bits per heavy atom. The number of carbonyl (C=O) groups is 1. The van der Waals surface area contributed by atoms with Crippen molar-refractivity contribution in [2.45, 2.75) is 17.4 Å². The van der Waals surface area contributed by atoms with Gasteiger partial charge in [0.2, 0.25) is 16.1 Å². The minimum atomic E-state index is -3.61. The van der Waals surface area contributed by atoms with Gasteiger partial charge in [-0.3, -0.25) is 9.69 Å². The van der Waals surface area contributed by atoms with Crippen LogP contribution in [0.5, 0.6) is 11.5 Å². The normalized spacial score (nSPS) is 18.8. The molecule has 32 heavy (non-hydrogen) atoms. The number of nitrogens with zero attached hydrogens (tertiary/aromatic N) is 1. The van der Waals surface area contributed by atoms with Crippen molar-refractivity contribution < 1.29 is 27.4 Å². The molecule has 0 spiro atoms. The van der Waals surface area contributed by atoms with E-state index in [2.05, 4.69) is 14.9 Å². The summed E-state index contributed by atoms with van der Waals surface area (Å²) in [5.74, 6) is 0.750. The van der Waals surface area contributed by atoms with Crippen LogP contribution in [-0.4, -0.2) is 71.3 Å². The minimum absolute atomic E-state index is 0.101. The van der Waals surface area contributed by atoms with E-state index in [0.717, 1.165) is 39.3 Å². The fourth-order valence-electron chi connectivity index (χ4n) is 3.51. The Morgan fingerprint density at radius 2 is 1.75 bits per heavy atom. The fraction of sp³-hybridized carbons (Fsp3) is 0.409. The summed E-state index contributed by atoms with van der Waals surface area (Å²) in [5.41, 5.74) is 0.476. The van der Waals surface area contributed by atoms with Crippen molar-refractivity contribution in [3.05, 3.63) is 48.5 Å². The number of nitrogens with one attached hydrogen (secondary N) is 2. The molecule has 1 saturated heterocycles. The van der Waals surface area contributed by atoms with E-state index >= 15 is 0 Å². The summed E-state index contributed by atoms with van der Waals surface area (Å²) in [5, 5.41) is 2.73. The van der Waals surface area contributed by atoms with Crippen LogP contribution in [-0.2, 0) is 19.6 Å². The van der Waals surface area contributed by atoms with Crippen molar-refractivity contribution in [2.24, 2.45) is 0 Å². The summed E-state index contributed by atoms with van der Waals surface area (Å²) >= 11 is 0. The predicted molar refractivity (Wildman–Crippen MR) is 118 cm³/mol. The summed E-state index contributed by atoms with van der Waals surface area (Å²) in [6.07, 6.45) is -0.0681. The molecule has 2 aromatic rings. The van der Waals surface area contributed by atoms with Crippen molar-refractivity contribution in [1.82, 2.24) is 9.62 Å². The molecule has 2 aliphatic rings. The lowest BCUT2D eigenvalue weighted by atomic mass is 10.2. The van der Waals surface area contributed by atoms with Crippen LogP contribution < -0.4 is 19.5 Å². The van der Waals surface area contributed by atoms with Crippen molar-refractivity contribution in [3.63, 3.8) is 0 Å². The van der Waals surface area contributed by atoms with Gasteiger partial charge in [0, 0.05) is 25.3 Å². The minimum Gasteiger partial charge on any atom is -0.485 e. The maximum absolute atomic E-state index is 12.5. The number of fused-ring (bicyclic) bond motifs is 1. The molecule has 172 valence electrons. The number of ether oxygens (including phenoxy) is 3. The highest BCUT2D eigenvalue weighted by molar-refractivity contribution is 7.89. The van der Waals surface area contributed by atoms with Crippen LogP contribution in [0.3, 0.4) is 0 Å². The molecule has 9 nitrogen and oxygen atoms in total. The van der Waals surface area contributed by atoms with Gasteiger partial charge in [0.15, 0.2) is 11.5 Å². The SMILES string of the molecule is O=C(Nc1ccc(S(=O)(=O)NCCCN2CCOCC2)cc1)[C@@H]1COc2ccccc2O1. The first-order valence-electron chi connectivity index (χ1n) is 10.6. The molecule has 0 bridgehead atoms. The maximum Gasteiger partial charge on any atom is 0.269 e. The highest BCUT2D eigenvalue weighted by atomic mass is 32.2. The fourth-order valence-corrected chi connectivity index (χ4v) is 4.58. The molecule has 2 aromatic carbocycles. The van der Waals surface area contributed by atoms with Gasteiger partial charge < -0.3 is 19.5 Å². The Balaban J connectivity index is 1.26. The maximum atomic E-state index is 12.5. The van der Waals surface area contributed by atoms with Crippen LogP contribution >= 0.6 is 0 Å². The van der Waals surface area contributed by atoms with Gasteiger partial charge in [0.05, 0.1) is 18.1 Å². The zero-order chi connectivity index (χ0) is 22.4. The summed E-state index contributed by atoms with van der Waals surface area (Å²) in [6, 6.07) is 13.2. The first-order chi connectivity index (χ1) is 15.5. The zero-order valence-corrected chi connectivity index (χ0v) is 18.5. The largest absolute Gasteiger partial charge is 0.485 e. The number of amides is 1. The third kappa shape index (κ3) is 5.77. The highest BCUT2D eigenvalue weighted by Gasteiger charge is 2.27. The Hall–Kier alpha value is -2.66. The van der Waals surface area contributed by atoms with Gasteiger partial charge in [-0.1, -0.05) is 12.1 Å². The lowest BCUT2D eigenvalue weighted by Gasteiger charge is -2.26. The Labute approximate surface area is 187 Å². The number of rotatable bonds is 8. The van der Waals surface area contributed by atoms with Crippen LogP contribution in [0.1, 0.15) is 6.42 Å². The third-order valence-corrected chi connectivity index (χ3v) is 6.76. The predicted octanol–water partition coefficient (Wildman–Crippen LogP) is 1.47. The van der Waals surface area contributed by atoms with Crippen molar-refractivity contribution in [3.8, 4) is 11.5 Å². The molecule has 1 amide bonds. The van der Waals surface area contributed by atoms with Crippen LogP contribution in [0.25, 0.3) is 0 Å². The molecule has 0 radical (unpaired) electrons. The second-order valence-corrected chi connectivity index (χ2v) is 9.35. The molecule has 0 aromatic heterocycles. The standard InChI is InChI=1S/C22H27N3O6S/c26-22(21-16-30-19-4-1-2-5-20(19)31-21)24-17-6-8-18(9-7-17)32(27,28)23-10-3-11-25-12-14-29-15-13-25/h1-2,4-9,21,23H,3,10-16H2,(H,24,26)/t21-/m0/s1. The molecular weight excluding hydrogens is 434 g/mol. The molecule has 1 atom stereocenters. The highest BCUT2D eigenvalue weighted by Crippen LogP contribution is 2.31. The van der Waals surface area contributed by atoms with E-state index in [1.807, 2.05) is 6.07 Å². The molecule has 4 rings (SSSR count). The number of benzene rings is 2. The van der Waals surface area contributed by atoms with Gasteiger partial charge >= 0.3 is 0 Å². The van der Waals surface area contributed by atoms with Crippen LogP contribution in [0.4, 0.5) is 5.69 Å². The molecule has 2 aliphatic heterocycles. The summed E-state index contributed by atoms with van der Waals surface area (Å²) in [7, 11) is -3.61. The number of morpholine rings is 1. The van der Waals surface area contributed by atoms with E-state index in [1.54, 1.807) is 30.3 Å². The summed E-state index contributed by atoms with van der Waals surface area (Å²) in [6.45, 7) is 4.50. The van der Waals surface area contributed by atoms with E-state index in [9.17, 15) is 13.2 Å². The molecule has 1 fully saturated rings. The second-order valence-electron chi connectivity index (χ2n) is 7.58. The van der Waals surface area contributed by atoms with Crippen molar-refractivity contribution in [1.29, 1.82) is 0 Å². The van der Waals surface area contributed by atoms with E-state index in [1.165, 1.54) is 12.1 Å². The van der Waals surface area contributed by atoms with Gasteiger partial charge in [-0.15, -0.1) is 0 Å². The third-order valence-electron chi connectivity index (χ3n) is 5.28. The van der Waals surface area contributed by atoms with Gasteiger partial charge in [0.1, 0.15) is 6.61 Å². The second kappa shape index (κ2) is 10.3. The van der Waals surface area contributed by atoms with Gasteiger partial charge in [0.25, 0.3) is 5.91 Å². The number of carbonyl (C=O) groups excluding carboxylic acids is 1. The summed E-state index contributed by atoms with van der Waals surface area (Å²) < 4.78 is 44.2. The number of anilines is 1. The molecule has 10 heteroatoms.